The molecule has 0 radical (unpaired) electrons. The van der Waals surface area contributed by atoms with E-state index in [9.17, 15) is 31.5 Å². The van der Waals surface area contributed by atoms with E-state index in [1.807, 2.05) is 0 Å². The SMILES string of the molecule is Cc1cc(C(F)F)nc2sc(C(N)=O)c(NC(=O)c3c(Br)c(C(F)(F)F)nn3C)c12. The summed E-state index contributed by atoms with van der Waals surface area (Å²) >= 11 is 3.42. The van der Waals surface area contributed by atoms with Gasteiger partial charge in [0.25, 0.3) is 18.2 Å². The summed E-state index contributed by atoms with van der Waals surface area (Å²) in [4.78, 5) is 28.2. The maximum atomic E-state index is 13.1. The molecule has 3 aromatic heterocycles. The fourth-order valence-electron chi connectivity index (χ4n) is 2.81. The van der Waals surface area contributed by atoms with Crippen molar-refractivity contribution in [2.45, 2.75) is 19.5 Å². The van der Waals surface area contributed by atoms with Crippen molar-refractivity contribution in [2.75, 3.05) is 5.32 Å². The molecule has 0 unspecified atom stereocenters. The zero-order chi connectivity index (χ0) is 22.5. The smallest absolute Gasteiger partial charge is 0.365 e. The molecular weight excluding hydrogens is 501 g/mol. The number of fused-ring (bicyclic) bond motifs is 1. The average molecular weight is 512 g/mol. The number of thiophene rings is 1. The Morgan fingerprint density at radius 1 is 1.33 bits per heavy atom. The van der Waals surface area contributed by atoms with Crippen LogP contribution in [-0.2, 0) is 13.2 Å². The van der Waals surface area contributed by atoms with Crippen molar-refractivity contribution in [2.24, 2.45) is 12.8 Å². The number of nitrogens with one attached hydrogen (secondary N) is 1. The van der Waals surface area contributed by atoms with Crippen molar-refractivity contribution < 1.29 is 31.5 Å². The summed E-state index contributed by atoms with van der Waals surface area (Å²) in [6, 6.07) is 1.09. The van der Waals surface area contributed by atoms with Gasteiger partial charge in [-0.1, -0.05) is 0 Å². The van der Waals surface area contributed by atoms with Crippen LogP contribution >= 0.6 is 27.3 Å². The van der Waals surface area contributed by atoms with E-state index in [-0.39, 0.29) is 26.3 Å². The zero-order valence-electron chi connectivity index (χ0n) is 15.1. The Hall–Kier alpha value is -2.61. The van der Waals surface area contributed by atoms with Crippen LogP contribution in [0.25, 0.3) is 10.2 Å². The fraction of sp³-hybridized carbons (Fsp3) is 0.250. The monoisotopic (exact) mass is 511 g/mol. The number of hydrogen-bond donors (Lipinski definition) is 2. The lowest BCUT2D eigenvalue weighted by Gasteiger charge is -2.09. The molecule has 2 amide bonds. The van der Waals surface area contributed by atoms with E-state index in [1.165, 1.54) is 6.92 Å². The second kappa shape index (κ2) is 7.58. The molecule has 0 atom stereocenters. The highest BCUT2D eigenvalue weighted by Gasteiger charge is 2.39. The van der Waals surface area contributed by atoms with Gasteiger partial charge in [-0.05, 0) is 34.5 Å². The maximum Gasteiger partial charge on any atom is 0.436 e. The minimum Gasteiger partial charge on any atom is -0.365 e. The number of alkyl halides is 5. The largest absolute Gasteiger partial charge is 0.436 e. The number of rotatable bonds is 4. The second-order valence-corrected chi connectivity index (χ2v) is 7.89. The number of carbonyl (C=O) groups is 2. The third-order valence-corrected chi connectivity index (χ3v) is 5.89. The third-order valence-electron chi connectivity index (χ3n) is 4.04. The molecule has 0 aliphatic rings. The fourth-order valence-corrected chi connectivity index (χ4v) is 4.62. The number of hydrogen-bond acceptors (Lipinski definition) is 5. The van der Waals surface area contributed by atoms with Gasteiger partial charge in [0.05, 0.1) is 10.2 Å². The summed E-state index contributed by atoms with van der Waals surface area (Å²) < 4.78 is 65.3. The molecule has 0 aliphatic carbocycles. The summed E-state index contributed by atoms with van der Waals surface area (Å²) in [7, 11) is 1.14. The van der Waals surface area contributed by atoms with Crippen LogP contribution < -0.4 is 11.1 Å². The highest BCUT2D eigenvalue weighted by molar-refractivity contribution is 9.10. The predicted octanol–water partition coefficient (Wildman–Crippen LogP) is 4.41. The number of pyridine rings is 1. The third kappa shape index (κ3) is 3.76. The number of carbonyl (C=O) groups excluding carboxylic acids is 2. The van der Waals surface area contributed by atoms with Crippen LogP contribution in [-0.4, -0.2) is 26.6 Å². The van der Waals surface area contributed by atoms with Crippen LogP contribution in [0.5, 0.6) is 0 Å². The van der Waals surface area contributed by atoms with Gasteiger partial charge in [0.1, 0.15) is 21.1 Å². The van der Waals surface area contributed by atoms with E-state index in [1.54, 1.807) is 0 Å². The van der Waals surface area contributed by atoms with Gasteiger partial charge in [0.15, 0.2) is 5.69 Å². The van der Waals surface area contributed by atoms with Gasteiger partial charge < -0.3 is 11.1 Å². The van der Waals surface area contributed by atoms with E-state index >= 15 is 0 Å². The van der Waals surface area contributed by atoms with Crippen LogP contribution in [0.2, 0.25) is 0 Å². The normalized spacial score (nSPS) is 12.0. The standard InChI is InChI=1S/C16H11BrF5N5O2S/c1-4-3-5(12(18)19)24-15-6(4)8(10(30-15)13(23)28)25-14(29)9-7(17)11(16(20,21)22)26-27(9)2/h3,12H,1-2H3,(H2,23,28)(H,25,29). The number of primary amides is 1. The van der Waals surface area contributed by atoms with Crippen LogP contribution in [0, 0.1) is 6.92 Å². The highest BCUT2D eigenvalue weighted by atomic mass is 79.9. The maximum absolute atomic E-state index is 13.1. The van der Waals surface area contributed by atoms with Crippen LogP contribution in [0.1, 0.15) is 43.5 Å². The predicted molar refractivity (Wildman–Crippen MR) is 102 cm³/mol. The average Bonchev–Trinajstić information content (AvgIpc) is 3.12. The lowest BCUT2D eigenvalue weighted by molar-refractivity contribution is -0.142. The van der Waals surface area contributed by atoms with Crippen LogP contribution in [0.15, 0.2) is 10.5 Å². The quantitative estimate of drug-likeness (QED) is 0.506. The van der Waals surface area contributed by atoms with E-state index in [0.717, 1.165) is 17.8 Å². The zero-order valence-corrected chi connectivity index (χ0v) is 17.5. The number of nitrogens with zero attached hydrogens (tertiary/aromatic N) is 3. The molecule has 0 spiro atoms. The molecule has 3 heterocycles. The summed E-state index contributed by atoms with van der Waals surface area (Å²) in [5.74, 6) is -1.99. The summed E-state index contributed by atoms with van der Waals surface area (Å²) in [5, 5.41) is 5.83. The minimum absolute atomic E-state index is 0.0226. The molecule has 0 saturated carbocycles. The van der Waals surface area contributed by atoms with Gasteiger partial charge >= 0.3 is 6.18 Å². The molecule has 3 N–H and O–H groups in total. The number of anilines is 1. The summed E-state index contributed by atoms with van der Waals surface area (Å²) in [6.07, 6.45) is -7.68. The highest BCUT2D eigenvalue weighted by Crippen LogP contribution is 2.40. The second-order valence-electron chi connectivity index (χ2n) is 6.10. The Morgan fingerprint density at radius 2 is 1.97 bits per heavy atom. The van der Waals surface area contributed by atoms with Crippen molar-refractivity contribution in [1.29, 1.82) is 0 Å². The van der Waals surface area contributed by atoms with Gasteiger partial charge in [-0.15, -0.1) is 11.3 Å². The Bertz CT molecular complexity index is 1190. The number of aryl methyl sites for hydroxylation is 2. The van der Waals surface area contributed by atoms with Gasteiger partial charge in [0.2, 0.25) is 0 Å². The Kier molecular flexibility index (Phi) is 5.58. The van der Waals surface area contributed by atoms with Gasteiger partial charge in [0, 0.05) is 12.4 Å². The number of halogens is 6. The molecule has 160 valence electrons. The van der Waals surface area contributed by atoms with E-state index < -0.39 is 46.0 Å². The molecule has 0 bridgehead atoms. The molecule has 0 saturated heterocycles. The Morgan fingerprint density at radius 3 is 2.47 bits per heavy atom. The molecule has 0 aromatic carbocycles. The first-order chi connectivity index (χ1) is 13.8. The molecule has 14 heteroatoms. The molecule has 0 fully saturated rings. The molecule has 30 heavy (non-hydrogen) atoms. The van der Waals surface area contributed by atoms with Crippen molar-refractivity contribution in [3.63, 3.8) is 0 Å². The molecule has 7 nitrogen and oxygen atoms in total. The van der Waals surface area contributed by atoms with Crippen molar-refractivity contribution in [3.8, 4) is 0 Å². The molecule has 0 aliphatic heterocycles. The lowest BCUT2D eigenvalue weighted by atomic mass is 10.1. The summed E-state index contributed by atoms with van der Waals surface area (Å²) in [5.41, 5.74) is 3.18. The lowest BCUT2D eigenvalue weighted by Crippen LogP contribution is -2.19. The topological polar surface area (TPSA) is 103 Å². The molecule has 3 aromatic rings. The van der Waals surface area contributed by atoms with Crippen molar-refractivity contribution in [1.82, 2.24) is 14.8 Å². The van der Waals surface area contributed by atoms with E-state index in [0.29, 0.717) is 11.3 Å². The van der Waals surface area contributed by atoms with E-state index in [2.05, 4.69) is 31.3 Å². The minimum atomic E-state index is -4.81. The van der Waals surface area contributed by atoms with Gasteiger partial charge in [-0.25, -0.2) is 13.8 Å². The van der Waals surface area contributed by atoms with Gasteiger partial charge in [-0.3, -0.25) is 14.3 Å². The Balaban J connectivity index is 2.14. The first-order valence-electron chi connectivity index (χ1n) is 7.96. The molecule has 3 rings (SSSR count). The van der Waals surface area contributed by atoms with E-state index in [4.69, 9.17) is 5.73 Å². The van der Waals surface area contributed by atoms with Gasteiger partial charge in [-0.2, -0.15) is 18.3 Å². The van der Waals surface area contributed by atoms with Crippen molar-refractivity contribution >= 4 is 55.0 Å². The number of nitrogens with two attached hydrogens (primary N) is 1. The first kappa shape index (κ1) is 22.1. The number of amides is 2. The van der Waals surface area contributed by atoms with Crippen LogP contribution in [0.3, 0.4) is 0 Å². The number of aromatic nitrogens is 3. The summed E-state index contributed by atoms with van der Waals surface area (Å²) in [6.45, 7) is 1.46. The van der Waals surface area contributed by atoms with Crippen molar-refractivity contribution in [3.05, 3.63) is 38.1 Å². The Labute approximate surface area is 177 Å². The first-order valence-corrected chi connectivity index (χ1v) is 9.56. The molecular formula is C16H11BrF5N5O2S. The van der Waals surface area contributed by atoms with Crippen LogP contribution in [0.4, 0.5) is 27.6 Å².